The van der Waals surface area contributed by atoms with Crippen molar-refractivity contribution in [3.8, 4) is 5.88 Å². The molecule has 2 N–H and O–H groups in total. The van der Waals surface area contributed by atoms with Crippen LogP contribution in [0.1, 0.15) is 30.4 Å². The summed E-state index contributed by atoms with van der Waals surface area (Å²) in [6.45, 7) is 4.46. The molecule has 100 valence electrons. The molecule has 1 unspecified atom stereocenters. The highest BCUT2D eigenvalue weighted by Gasteiger charge is 2.20. The van der Waals surface area contributed by atoms with Crippen molar-refractivity contribution in [2.24, 2.45) is 5.73 Å². The predicted molar refractivity (Wildman–Crippen MR) is 72.6 cm³/mol. The minimum atomic E-state index is 0.484. The summed E-state index contributed by atoms with van der Waals surface area (Å²) in [6, 6.07) is 2.64. The van der Waals surface area contributed by atoms with Crippen LogP contribution in [0.3, 0.4) is 0 Å². The van der Waals surface area contributed by atoms with Gasteiger partial charge in [-0.1, -0.05) is 0 Å². The lowest BCUT2D eigenvalue weighted by Crippen LogP contribution is -2.26. The molecule has 0 aliphatic carbocycles. The van der Waals surface area contributed by atoms with Crippen LogP contribution in [0, 0.1) is 6.92 Å². The van der Waals surface area contributed by atoms with Crippen molar-refractivity contribution in [3.63, 3.8) is 0 Å². The topological polar surface area (TPSA) is 51.4 Å². The van der Waals surface area contributed by atoms with Gasteiger partial charge in [-0.05, 0) is 51.4 Å². The molecule has 2 heterocycles. The van der Waals surface area contributed by atoms with Crippen LogP contribution in [-0.2, 0) is 6.54 Å². The van der Waals surface area contributed by atoms with Gasteiger partial charge in [-0.15, -0.1) is 0 Å². The third-order valence-corrected chi connectivity index (χ3v) is 3.82. The zero-order valence-electron chi connectivity index (χ0n) is 11.4. The van der Waals surface area contributed by atoms with Crippen molar-refractivity contribution < 1.29 is 4.74 Å². The maximum atomic E-state index is 5.80. The minimum Gasteiger partial charge on any atom is -0.477 e. The van der Waals surface area contributed by atoms with Gasteiger partial charge in [0.1, 0.15) is 0 Å². The Morgan fingerprint density at radius 3 is 3.06 bits per heavy atom. The molecule has 0 radical (unpaired) electrons. The Balaban J connectivity index is 1.88. The average molecular weight is 249 g/mol. The van der Waals surface area contributed by atoms with Crippen LogP contribution in [0.2, 0.25) is 0 Å². The zero-order chi connectivity index (χ0) is 13.0. The summed E-state index contributed by atoms with van der Waals surface area (Å²) < 4.78 is 5.80. The van der Waals surface area contributed by atoms with E-state index in [1.807, 2.05) is 13.0 Å². The van der Waals surface area contributed by atoms with Crippen molar-refractivity contribution in [1.82, 2.24) is 9.88 Å². The molecular formula is C14H23N3O. The van der Waals surface area contributed by atoms with Crippen LogP contribution < -0.4 is 10.5 Å². The van der Waals surface area contributed by atoms with Crippen LogP contribution in [0.15, 0.2) is 12.3 Å². The number of hydrogen-bond acceptors (Lipinski definition) is 4. The molecule has 1 aliphatic heterocycles. The molecule has 2 rings (SSSR count). The normalized spacial score (nSPS) is 20.3. The smallest absolute Gasteiger partial charge is 0.218 e. The largest absolute Gasteiger partial charge is 0.477 e. The lowest BCUT2D eigenvalue weighted by molar-refractivity contribution is 0.227. The number of aromatic nitrogens is 1. The van der Waals surface area contributed by atoms with Crippen molar-refractivity contribution in [2.75, 3.05) is 20.2 Å². The third-order valence-electron chi connectivity index (χ3n) is 3.82. The van der Waals surface area contributed by atoms with Gasteiger partial charge in [0.2, 0.25) is 5.88 Å². The van der Waals surface area contributed by atoms with Gasteiger partial charge in [0.05, 0.1) is 6.61 Å². The summed E-state index contributed by atoms with van der Waals surface area (Å²) >= 11 is 0. The van der Waals surface area contributed by atoms with E-state index in [1.165, 1.54) is 19.4 Å². The van der Waals surface area contributed by atoms with E-state index in [0.29, 0.717) is 18.5 Å². The van der Waals surface area contributed by atoms with Crippen molar-refractivity contribution >= 4 is 0 Å². The molecule has 0 spiro atoms. The molecule has 4 heteroatoms. The Morgan fingerprint density at radius 2 is 2.39 bits per heavy atom. The second kappa shape index (κ2) is 6.16. The van der Waals surface area contributed by atoms with Crippen LogP contribution >= 0.6 is 0 Å². The lowest BCUT2D eigenvalue weighted by Gasteiger charge is -2.19. The van der Waals surface area contributed by atoms with E-state index in [2.05, 4.69) is 16.9 Å². The summed E-state index contributed by atoms with van der Waals surface area (Å²) in [7, 11) is 2.19. The van der Waals surface area contributed by atoms with E-state index >= 15 is 0 Å². The number of aryl methyl sites for hydroxylation is 1. The van der Waals surface area contributed by atoms with Crippen molar-refractivity contribution in [3.05, 3.63) is 23.4 Å². The fourth-order valence-corrected chi connectivity index (χ4v) is 2.57. The van der Waals surface area contributed by atoms with Gasteiger partial charge in [-0.2, -0.15) is 0 Å². The van der Waals surface area contributed by atoms with E-state index in [1.54, 1.807) is 6.20 Å². The monoisotopic (exact) mass is 249 g/mol. The van der Waals surface area contributed by atoms with E-state index in [0.717, 1.165) is 24.2 Å². The highest BCUT2D eigenvalue weighted by molar-refractivity contribution is 5.33. The molecule has 1 aromatic rings. The van der Waals surface area contributed by atoms with Gasteiger partial charge >= 0.3 is 0 Å². The number of nitrogens with zero attached hydrogens (tertiary/aromatic N) is 2. The van der Waals surface area contributed by atoms with Gasteiger partial charge < -0.3 is 15.4 Å². The number of rotatable bonds is 5. The maximum Gasteiger partial charge on any atom is 0.218 e. The molecule has 1 aliphatic rings. The quantitative estimate of drug-likeness (QED) is 0.863. The molecule has 0 amide bonds. The molecule has 1 fully saturated rings. The molecule has 0 bridgehead atoms. The Bertz CT molecular complexity index is 395. The zero-order valence-corrected chi connectivity index (χ0v) is 11.4. The highest BCUT2D eigenvalue weighted by Crippen LogP contribution is 2.21. The SMILES string of the molecule is Cc1ccnc(OCCC2CCCN2C)c1CN. The molecule has 0 aromatic carbocycles. The first-order valence-electron chi connectivity index (χ1n) is 6.70. The number of pyridine rings is 1. The first kappa shape index (κ1) is 13.3. The third kappa shape index (κ3) is 3.00. The van der Waals surface area contributed by atoms with Crippen LogP contribution in [0.5, 0.6) is 5.88 Å². The van der Waals surface area contributed by atoms with Gasteiger partial charge in [0.15, 0.2) is 0 Å². The highest BCUT2D eigenvalue weighted by atomic mass is 16.5. The van der Waals surface area contributed by atoms with Gasteiger partial charge in [0, 0.05) is 24.3 Å². The fourth-order valence-electron chi connectivity index (χ4n) is 2.57. The Labute approximate surface area is 109 Å². The summed E-state index contributed by atoms with van der Waals surface area (Å²) in [5.74, 6) is 0.707. The molecule has 18 heavy (non-hydrogen) atoms. The first-order chi connectivity index (χ1) is 8.72. The van der Waals surface area contributed by atoms with Crippen LogP contribution in [-0.4, -0.2) is 36.1 Å². The van der Waals surface area contributed by atoms with Crippen molar-refractivity contribution in [1.29, 1.82) is 0 Å². The number of ether oxygens (including phenoxy) is 1. The maximum absolute atomic E-state index is 5.80. The predicted octanol–water partition coefficient (Wildman–Crippen LogP) is 1.71. The van der Waals surface area contributed by atoms with E-state index in [-0.39, 0.29) is 0 Å². The Morgan fingerprint density at radius 1 is 1.56 bits per heavy atom. The lowest BCUT2D eigenvalue weighted by atomic mass is 10.1. The molecule has 1 saturated heterocycles. The summed E-state index contributed by atoms with van der Waals surface area (Å²) in [5.41, 5.74) is 7.92. The van der Waals surface area contributed by atoms with Gasteiger partial charge in [-0.3, -0.25) is 0 Å². The van der Waals surface area contributed by atoms with Gasteiger partial charge in [-0.25, -0.2) is 4.98 Å². The standard InChI is InChI=1S/C14H23N3O/c1-11-5-7-16-14(13(11)10-15)18-9-6-12-4-3-8-17(12)2/h5,7,12H,3-4,6,8-10,15H2,1-2H3. The second-order valence-corrected chi connectivity index (χ2v) is 5.03. The van der Waals surface area contributed by atoms with E-state index in [4.69, 9.17) is 10.5 Å². The molecule has 4 nitrogen and oxygen atoms in total. The number of nitrogens with two attached hydrogens (primary N) is 1. The molecule has 0 saturated carbocycles. The van der Waals surface area contributed by atoms with Gasteiger partial charge in [0.25, 0.3) is 0 Å². The second-order valence-electron chi connectivity index (χ2n) is 5.03. The average Bonchev–Trinajstić information content (AvgIpc) is 2.75. The number of likely N-dealkylation sites (tertiary alicyclic amines) is 1. The molecule has 1 atom stereocenters. The minimum absolute atomic E-state index is 0.484. The number of hydrogen-bond donors (Lipinski definition) is 1. The van der Waals surface area contributed by atoms with E-state index in [9.17, 15) is 0 Å². The van der Waals surface area contributed by atoms with E-state index < -0.39 is 0 Å². The molecule has 1 aromatic heterocycles. The summed E-state index contributed by atoms with van der Waals surface area (Å²) in [6.07, 6.45) is 5.43. The molecular weight excluding hydrogens is 226 g/mol. The van der Waals surface area contributed by atoms with Crippen molar-refractivity contribution in [2.45, 2.75) is 38.8 Å². The Kier molecular flexibility index (Phi) is 4.55. The summed E-state index contributed by atoms with van der Waals surface area (Å²) in [4.78, 5) is 6.69. The van der Waals surface area contributed by atoms with Crippen LogP contribution in [0.4, 0.5) is 0 Å². The first-order valence-corrected chi connectivity index (χ1v) is 6.70. The Hall–Kier alpha value is -1.13. The summed E-state index contributed by atoms with van der Waals surface area (Å²) in [5, 5.41) is 0. The van der Waals surface area contributed by atoms with Crippen LogP contribution in [0.25, 0.3) is 0 Å². The fraction of sp³-hybridized carbons (Fsp3) is 0.643.